The number of carbonyl (C=O) groups excluding carboxylic acids is 1. The number of aromatic nitrogens is 2. The van der Waals surface area contributed by atoms with Gasteiger partial charge < -0.3 is 16.2 Å². The van der Waals surface area contributed by atoms with E-state index in [1.54, 1.807) is 25.4 Å². The second kappa shape index (κ2) is 5.96. The van der Waals surface area contributed by atoms with Crippen molar-refractivity contribution in [1.29, 1.82) is 0 Å². The monoisotopic (exact) mass is 352 g/mol. The molecule has 1 heterocycles. The van der Waals surface area contributed by atoms with Crippen molar-refractivity contribution >= 4 is 33.5 Å². The van der Waals surface area contributed by atoms with Crippen molar-refractivity contribution in [3.63, 3.8) is 0 Å². The molecular weight excluding hydrogens is 340 g/mol. The maximum atomic E-state index is 11.5. The molecule has 1 amide bonds. The summed E-state index contributed by atoms with van der Waals surface area (Å²) in [6.45, 7) is 0. The lowest BCUT2D eigenvalue weighted by molar-refractivity contribution is -0.138. The molecule has 21 heavy (non-hydrogen) atoms. The molecular formula is C13H13BrN4O3. The third kappa shape index (κ3) is 3.40. The number of hydrogen-bond donors (Lipinski definition) is 3. The number of carboxylic acids is 1. The van der Waals surface area contributed by atoms with Gasteiger partial charge in [-0.2, -0.15) is 5.10 Å². The lowest BCUT2D eigenvalue weighted by Crippen LogP contribution is -2.22. The topological polar surface area (TPSA) is 110 Å². The number of benzene rings is 1. The first-order valence-electron chi connectivity index (χ1n) is 5.95. The fraction of sp³-hybridized carbons (Fsp3) is 0.154. The van der Waals surface area contributed by atoms with E-state index >= 15 is 0 Å². The first-order chi connectivity index (χ1) is 9.88. The van der Waals surface area contributed by atoms with Crippen LogP contribution >= 0.6 is 15.9 Å². The van der Waals surface area contributed by atoms with Gasteiger partial charge in [-0.1, -0.05) is 15.9 Å². The van der Waals surface area contributed by atoms with Crippen LogP contribution in [0.25, 0.3) is 0 Å². The van der Waals surface area contributed by atoms with Gasteiger partial charge in [-0.25, -0.2) is 4.79 Å². The van der Waals surface area contributed by atoms with Gasteiger partial charge in [-0.15, -0.1) is 0 Å². The number of primary amides is 1. The summed E-state index contributed by atoms with van der Waals surface area (Å²) in [7, 11) is 1.69. The second-order valence-corrected chi connectivity index (χ2v) is 5.33. The van der Waals surface area contributed by atoms with Crippen LogP contribution in [0.1, 0.15) is 22.0 Å². The Hall–Kier alpha value is -2.35. The number of nitrogens with zero attached hydrogens (tertiary/aromatic N) is 2. The molecule has 0 saturated heterocycles. The number of anilines is 1. The molecule has 0 spiro atoms. The molecule has 1 aromatic carbocycles. The molecule has 1 atom stereocenters. The summed E-state index contributed by atoms with van der Waals surface area (Å²) in [6.07, 6.45) is 3.04. The quantitative estimate of drug-likeness (QED) is 0.755. The molecule has 0 aliphatic rings. The van der Waals surface area contributed by atoms with E-state index in [-0.39, 0.29) is 5.56 Å². The third-order valence-electron chi connectivity index (χ3n) is 2.85. The van der Waals surface area contributed by atoms with Crippen LogP contribution in [-0.2, 0) is 11.8 Å². The van der Waals surface area contributed by atoms with E-state index in [4.69, 9.17) is 5.73 Å². The number of rotatable bonds is 5. The van der Waals surface area contributed by atoms with Crippen LogP contribution in [0, 0.1) is 0 Å². The highest BCUT2D eigenvalue weighted by molar-refractivity contribution is 9.10. The van der Waals surface area contributed by atoms with Gasteiger partial charge in [0.1, 0.15) is 0 Å². The molecule has 0 aliphatic carbocycles. The van der Waals surface area contributed by atoms with Crippen molar-refractivity contribution in [1.82, 2.24) is 9.78 Å². The molecule has 4 N–H and O–H groups in total. The van der Waals surface area contributed by atoms with Crippen molar-refractivity contribution in [3.05, 3.63) is 46.2 Å². The Morgan fingerprint density at radius 3 is 2.71 bits per heavy atom. The Morgan fingerprint density at radius 2 is 2.19 bits per heavy atom. The maximum absolute atomic E-state index is 11.5. The van der Waals surface area contributed by atoms with Gasteiger partial charge >= 0.3 is 5.97 Å². The summed E-state index contributed by atoms with van der Waals surface area (Å²) >= 11 is 3.28. The van der Waals surface area contributed by atoms with Crippen LogP contribution in [0.4, 0.5) is 5.69 Å². The Morgan fingerprint density at radius 1 is 1.48 bits per heavy atom. The Labute approximate surface area is 128 Å². The molecule has 8 heteroatoms. The fourth-order valence-electron chi connectivity index (χ4n) is 1.88. The zero-order chi connectivity index (χ0) is 15.6. The number of hydrogen-bond acceptors (Lipinski definition) is 4. The molecule has 0 saturated carbocycles. The predicted octanol–water partition coefficient (Wildman–Crippen LogP) is 1.52. The van der Waals surface area contributed by atoms with E-state index < -0.39 is 17.9 Å². The van der Waals surface area contributed by atoms with Crippen molar-refractivity contribution in [2.45, 2.75) is 6.04 Å². The third-order valence-corrected chi connectivity index (χ3v) is 3.35. The van der Waals surface area contributed by atoms with Gasteiger partial charge in [0.15, 0.2) is 6.04 Å². The molecule has 2 rings (SSSR count). The van der Waals surface area contributed by atoms with Crippen LogP contribution < -0.4 is 11.1 Å². The number of amides is 1. The average Bonchev–Trinajstić information content (AvgIpc) is 2.81. The van der Waals surface area contributed by atoms with Gasteiger partial charge in [0.25, 0.3) is 5.91 Å². The van der Waals surface area contributed by atoms with Gasteiger partial charge in [-0.3, -0.25) is 9.48 Å². The maximum Gasteiger partial charge on any atom is 0.330 e. The Kier molecular flexibility index (Phi) is 4.27. The van der Waals surface area contributed by atoms with E-state index in [1.807, 2.05) is 0 Å². The summed E-state index contributed by atoms with van der Waals surface area (Å²) in [6, 6.07) is 3.75. The van der Waals surface area contributed by atoms with Gasteiger partial charge in [-0.05, 0) is 18.2 Å². The number of carboxylic acid groups (broad SMARTS) is 1. The molecule has 0 bridgehead atoms. The first-order valence-corrected chi connectivity index (χ1v) is 6.75. The molecule has 0 fully saturated rings. The zero-order valence-electron chi connectivity index (χ0n) is 11.1. The summed E-state index contributed by atoms with van der Waals surface area (Å²) in [5.74, 6) is -1.72. The fourth-order valence-corrected chi connectivity index (χ4v) is 2.24. The summed E-state index contributed by atoms with van der Waals surface area (Å²) in [4.78, 5) is 22.9. The van der Waals surface area contributed by atoms with Crippen LogP contribution in [0.2, 0.25) is 0 Å². The van der Waals surface area contributed by atoms with Gasteiger partial charge in [0.05, 0.1) is 11.8 Å². The van der Waals surface area contributed by atoms with Crippen molar-refractivity contribution in [3.8, 4) is 0 Å². The number of halogens is 1. The Bertz CT molecular complexity index is 698. The second-order valence-electron chi connectivity index (χ2n) is 4.42. The molecule has 0 radical (unpaired) electrons. The minimum Gasteiger partial charge on any atom is -0.479 e. The number of aliphatic carboxylic acids is 1. The van der Waals surface area contributed by atoms with E-state index in [0.717, 1.165) is 0 Å². The molecule has 1 unspecified atom stereocenters. The number of carbonyl (C=O) groups is 2. The summed E-state index contributed by atoms with van der Waals surface area (Å²) in [5, 5.41) is 16.1. The predicted molar refractivity (Wildman–Crippen MR) is 79.9 cm³/mol. The minimum atomic E-state index is -1.08. The van der Waals surface area contributed by atoms with Crippen molar-refractivity contribution < 1.29 is 14.7 Å². The first kappa shape index (κ1) is 15.0. The number of nitrogens with one attached hydrogen (secondary N) is 1. The van der Waals surface area contributed by atoms with Crippen molar-refractivity contribution in [2.24, 2.45) is 12.8 Å². The van der Waals surface area contributed by atoms with E-state index in [1.165, 1.54) is 16.9 Å². The smallest absolute Gasteiger partial charge is 0.330 e. The van der Waals surface area contributed by atoms with Crippen LogP contribution in [0.15, 0.2) is 35.1 Å². The highest BCUT2D eigenvalue weighted by atomic mass is 79.9. The zero-order valence-corrected chi connectivity index (χ0v) is 12.7. The Balaban J connectivity index is 2.40. The van der Waals surface area contributed by atoms with Crippen LogP contribution in [0.3, 0.4) is 0 Å². The van der Waals surface area contributed by atoms with Gasteiger partial charge in [0.2, 0.25) is 0 Å². The molecule has 2 aromatic rings. The van der Waals surface area contributed by atoms with Crippen LogP contribution in [-0.4, -0.2) is 26.8 Å². The number of aryl methyl sites for hydroxylation is 1. The standard InChI is InChI=1S/C13H13BrN4O3/c1-18-6-7(5-16-18)11(13(20)21)17-10-4-8(14)2-3-9(10)12(15)19/h2-6,11,17H,1H3,(H2,15,19)(H,20,21). The van der Waals surface area contributed by atoms with E-state index in [9.17, 15) is 14.7 Å². The average molecular weight is 353 g/mol. The van der Waals surface area contributed by atoms with Gasteiger partial charge in [0, 0.05) is 29.0 Å². The SMILES string of the molecule is Cn1cc(C(Nc2cc(Br)ccc2C(N)=O)C(=O)O)cn1. The molecule has 1 aromatic heterocycles. The van der Waals surface area contributed by atoms with E-state index in [2.05, 4.69) is 26.3 Å². The summed E-state index contributed by atoms with van der Waals surface area (Å²) < 4.78 is 2.20. The minimum absolute atomic E-state index is 0.216. The largest absolute Gasteiger partial charge is 0.479 e. The van der Waals surface area contributed by atoms with Crippen LogP contribution in [0.5, 0.6) is 0 Å². The highest BCUT2D eigenvalue weighted by Gasteiger charge is 2.23. The highest BCUT2D eigenvalue weighted by Crippen LogP contribution is 2.26. The normalized spacial score (nSPS) is 11.9. The number of nitrogens with two attached hydrogens (primary N) is 1. The van der Waals surface area contributed by atoms with E-state index in [0.29, 0.717) is 15.7 Å². The molecule has 110 valence electrons. The summed E-state index contributed by atoms with van der Waals surface area (Å²) in [5.41, 5.74) is 6.33. The molecule has 7 nitrogen and oxygen atoms in total. The van der Waals surface area contributed by atoms with Crippen molar-refractivity contribution in [2.75, 3.05) is 5.32 Å². The molecule has 0 aliphatic heterocycles. The lowest BCUT2D eigenvalue weighted by Gasteiger charge is -2.16. The lowest BCUT2D eigenvalue weighted by atomic mass is 10.1.